The van der Waals surface area contributed by atoms with Gasteiger partial charge in [0.05, 0.1) is 6.61 Å². The minimum absolute atomic E-state index is 0.250. The molecule has 1 amide bonds. The molecule has 2 N–H and O–H groups in total. The molecule has 16 heavy (non-hydrogen) atoms. The van der Waals surface area contributed by atoms with Gasteiger partial charge in [-0.2, -0.15) is 0 Å². The highest BCUT2D eigenvalue weighted by Gasteiger charge is 1.89. The van der Waals surface area contributed by atoms with Gasteiger partial charge in [-0.3, -0.25) is 4.79 Å². The van der Waals surface area contributed by atoms with Crippen LogP contribution in [0.15, 0.2) is 30.3 Å². The zero-order valence-corrected chi connectivity index (χ0v) is 10.5. The van der Waals surface area contributed by atoms with Gasteiger partial charge in [0, 0.05) is 6.61 Å². The van der Waals surface area contributed by atoms with E-state index in [0.29, 0.717) is 0 Å². The van der Waals surface area contributed by atoms with Gasteiger partial charge in [-0.15, -0.1) is 0 Å². The molecule has 0 heterocycles. The first-order valence-corrected chi connectivity index (χ1v) is 5.62. The summed E-state index contributed by atoms with van der Waals surface area (Å²) in [6.07, 6.45) is 1.27. The van der Waals surface area contributed by atoms with Crippen molar-refractivity contribution in [2.45, 2.75) is 27.2 Å². The molecule has 92 valence electrons. The van der Waals surface area contributed by atoms with Crippen molar-refractivity contribution >= 4 is 6.41 Å². The van der Waals surface area contributed by atoms with Crippen molar-refractivity contribution in [1.82, 2.24) is 0 Å². The van der Waals surface area contributed by atoms with Gasteiger partial charge >= 0.3 is 0 Å². The second-order valence-corrected chi connectivity index (χ2v) is 2.57. The number of amides is 1. The van der Waals surface area contributed by atoms with Gasteiger partial charge in [-0.1, -0.05) is 44.2 Å². The number of rotatable bonds is 4. The van der Waals surface area contributed by atoms with Crippen LogP contribution in [0.5, 0.6) is 0 Å². The van der Waals surface area contributed by atoms with Crippen LogP contribution in [-0.2, 0) is 16.0 Å². The first-order chi connectivity index (χ1) is 7.85. The van der Waals surface area contributed by atoms with Crippen LogP contribution in [0.2, 0.25) is 0 Å². The maximum atomic E-state index is 8.58. The van der Waals surface area contributed by atoms with E-state index in [9.17, 15) is 0 Å². The summed E-state index contributed by atoms with van der Waals surface area (Å²) in [5.41, 5.74) is 5.51. The Kier molecular flexibility index (Phi) is 17.2. The normalized spacial score (nSPS) is 7.94. The van der Waals surface area contributed by atoms with Crippen molar-refractivity contribution in [3.05, 3.63) is 35.9 Å². The van der Waals surface area contributed by atoms with Gasteiger partial charge in [0.25, 0.3) is 0 Å². The van der Waals surface area contributed by atoms with Crippen molar-refractivity contribution in [3.8, 4) is 0 Å². The lowest BCUT2D eigenvalue weighted by atomic mass is 10.2. The molecule has 1 rings (SSSR count). The molecule has 0 spiro atoms. The third-order valence-corrected chi connectivity index (χ3v) is 1.58. The Morgan fingerprint density at radius 1 is 1.25 bits per heavy atom. The molecule has 3 nitrogen and oxygen atoms in total. The van der Waals surface area contributed by atoms with Gasteiger partial charge in [0.15, 0.2) is 0 Å². The minimum Gasteiger partial charge on any atom is -0.381 e. The fraction of sp³-hybridized carbons (Fsp3) is 0.462. The molecule has 0 aliphatic heterocycles. The van der Waals surface area contributed by atoms with Crippen molar-refractivity contribution in [1.29, 1.82) is 0 Å². The number of nitrogens with two attached hydrogens (primary N) is 1. The number of ether oxygens (including phenoxy) is 1. The molecular weight excluding hydrogens is 202 g/mol. The summed E-state index contributed by atoms with van der Waals surface area (Å²) in [4.78, 5) is 8.58. The number of carbonyl (C=O) groups excluding carboxylic acids is 1. The minimum atomic E-state index is 0.250. The van der Waals surface area contributed by atoms with E-state index < -0.39 is 0 Å². The van der Waals surface area contributed by atoms with Gasteiger partial charge in [-0.05, 0) is 18.9 Å². The molecule has 1 aromatic carbocycles. The maximum Gasteiger partial charge on any atom is 0.204 e. The van der Waals surface area contributed by atoms with Gasteiger partial charge < -0.3 is 10.5 Å². The summed E-state index contributed by atoms with van der Waals surface area (Å²) in [5.74, 6) is 0. The molecular formula is C13H23NO2. The van der Waals surface area contributed by atoms with Gasteiger partial charge in [0.1, 0.15) is 0 Å². The molecule has 0 aliphatic rings. The Labute approximate surface area is 98.6 Å². The molecule has 3 heteroatoms. The number of benzene rings is 1. The standard InChI is InChI=1S/C10H14O.C2H6.CH3NO/c1-2-11-9-8-10-6-4-3-5-7-10;1-2;2-1-3/h3-7H,2,8-9H2,1H3;1-2H3;1H,(H2,2,3). The molecule has 0 aromatic heterocycles. The summed E-state index contributed by atoms with van der Waals surface area (Å²) in [5, 5.41) is 0. The molecule has 0 unspecified atom stereocenters. The Balaban J connectivity index is 0. The predicted octanol–water partition coefficient (Wildman–Crippen LogP) is 2.39. The van der Waals surface area contributed by atoms with E-state index in [1.165, 1.54) is 5.56 Å². The van der Waals surface area contributed by atoms with Crippen LogP contribution in [0.25, 0.3) is 0 Å². The largest absolute Gasteiger partial charge is 0.381 e. The summed E-state index contributed by atoms with van der Waals surface area (Å²) in [7, 11) is 0. The summed E-state index contributed by atoms with van der Waals surface area (Å²) in [6.45, 7) is 7.67. The van der Waals surface area contributed by atoms with E-state index in [1.54, 1.807) is 0 Å². The number of hydrogen-bond acceptors (Lipinski definition) is 2. The topological polar surface area (TPSA) is 52.3 Å². The van der Waals surface area contributed by atoms with Gasteiger partial charge in [-0.25, -0.2) is 0 Å². The van der Waals surface area contributed by atoms with Gasteiger partial charge in [0.2, 0.25) is 6.41 Å². The van der Waals surface area contributed by atoms with E-state index in [-0.39, 0.29) is 6.41 Å². The van der Waals surface area contributed by atoms with E-state index in [0.717, 1.165) is 19.6 Å². The van der Waals surface area contributed by atoms with Crippen molar-refractivity contribution in [2.75, 3.05) is 13.2 Å². The molecule has 0 saturated heterocycles. The van der Waals surface area contributed by atoms with E-state index >= 15 is 0 Å². The average molecular weight is 225 g/mol. The van der Waals surface area contributed by atoms with Crippen molar-refractivity contribution < 1.29 is 9.53 Å². The third-order valence-electron chi connectivity index (χ3n) is 1.58. The molecule has 0 bridgehead atoms. The second-order valence-electron chi connectivity index (χ2n) is 2.57. The zero-order valence-electron chi connectivity index (χ0n) is 10.5. The van der Waals surface area contributed by atoms with Crippen LogP contribution in [0.3, 0.4) is 0 Å². The van der Waals surface area contributed by atoms with Crippen LogP contribution in [0, 0.1) is 0 Å². The Morgan fingerprint density at radius 2 is 1.75 bits per heavy atom. The van der Waals surface area contributed by atoms with Crippen LogP contribution in [0.4, 0.5) is 0 Å². The third kappa shape index (κ3) is 12.7. The molecule has 0 aliphatic carbocycles. The summed E-state index contributed by atoms with van der Waals surface area (Å²) in [6, 6.07) is 10.4. The summed E-state index contributed by atoms with van der Waals surface area (Å²) >= 11 is 0. The second kappa shape index (κ2) is 16.1. The fourth-order valence-corrected chi connectivity index (χ4v) is 0.979. The fourth-order valence-electron chi connectivity index (χ4n) is 0.979. The van der Waals surface area contributed by atoms with Crippen molar-refractivity contribution in [2.24, 2.45) is 5.73 Å². The van der Waals surface area contributed by atoms with E-state index in [2.05, 4.69) is 30.0 Å². The summed E-state index contributed by atoms with van der Waals surface area (Å²) < 4.78 is 5.24. The first-order valence-electron chi connectivity index (χ1n) is 5.62. The van der Waals surface area contributed by atoms with Crippen molar-refractivity contribution in [3.63, 3.8) is 0 Å². The lowest BCUT2D eigenvalue weighted by Crippen LogP contribution is -1.96. The van der Waals surface area contributed by atoms with Crippen LogP contribution >= 0.6 is 0 Å². The number of hydrogen-bond donors (Lipinski definition) is 1. The molecule has 0 fully saturated rings. The Hall–Kier alpha value is -1.35. The van der Waals surface area contributed by atoms with Crippen LogP contribution in [-0.4, -0.2) is 19.6 Å². The molecule has 0 saturated carbocycles. The predicted molar refractivity (Wildman–Crippen MR) is 68.2 cm³/mol. The highest BCUT2D eigenvalue weighted by molar-refractivity contribution is 5.42. The van der Waals surface area contributed by atoms with E-state index in [1.807, 2.05) is 26.8 Å². The average Bonchev–Trinajstić information content (AvgIpc) is 2.34. The SMILES string of the molecule is CC.CCOCCc1ccccc1.NC=O. The monoisotopic (exact) mass is 225 g/mol. The number of primary amides is 1. The van der Waals surface area contributed by atoms with E-state index in [4.69, 9.17) is 9.53 Å². The van der Waals surface area contributed by atoms with Crippen LogP contribution in [0.1, 0.15) is 26.3 Å². The lowest BCUT2D eigenvalue weighted by molar-refractivity contribution is -0.106. The Bertz CT molecular complexity index is 225. The number of carbonyl (C=O) groups is 1. The lowest BCUT2D eigenvalue weighted by Gasteiger charge is -2.00. The molecule has 1 aromatic rings. The smallest absolute Gasteiger partial charge is 0.204 e. The molecule has 0 radical (unpaired) electrons. The van der Waals surface area contributed by atoms with Crippen LogP contribution < -0.4 is 5.73 Å². The Morgan fingerprint density at radius 3 is 2.19 bits per heavy atom. The first kappa shape index (κ1) is 17.1. The quantitative estimate of drug-likeness (QED) is 0.632. The highest BCUT2D eigenvalue weighted by atomic mass is 16.5. The molecule has 0 atom stereocenters. The maximum absolute atomic E-state index is 8.58. The highest BCUT2D eigenvalue weighted by Crippen LogP contribution is 1.98. The zero-order chi connectivity index (χ0) is 12.6.